The number of carbonyl (C=O) groups excluding carboxylic acids is 1. The van der Waals surface area contributed by atoms with Gasteiger partial charge in [0.1, 0.15) is 6.33 Å². The number of fused-ring (bicyclic) bond motifs is 1. The predicted octanol–water partition coefficient (Wildman–Crippen LogP) is 4.28. The smallest absolute Gasteiger partial charge is 0.238 e. The van der Waals surface area contributed by atoms with Crippen molar-refractivity contribution in [1.82, 2.24) is 39.8 Å². The molecule has 0 saturated carbocycles. The van der Waals surface area contributed by atoms with E-state index in [0.29, 0.717) is 29.9 Å². The van der Waals surface area contributed by atoms with Crippen LogP contribution < -0.4 is 5.32 Å². The number of nitrogens with zero attached hydrogens (tertiary/aromatic N) is 8. The summed E-state index contributed by atoms with van der Waals surface area (Å²) in [6.07, 6.45) is 4.55. The van der Waals surface area contributed by atoms with Crippen molar-refractivity contribution in [3.05, 3.63) is 59.6 Å². The number of rotatable bonds is 7. The molecule has 1 aromatic carbocycles. The second kappa shape index (κ2) is 10.4. The van der Waals surface area contributed by atoms with Crippen molar-refractivity contribution in [2.24, 2.45) is 7.05 Å². The van der Waals surface area contributed by atoms with Crippen molar-refractivity contribution in [3.63, 3.8) is 0 Å². The molecular formula is C27H33N9O2. The molecule has 1 aliphatic heterocycles. The van der Waals surface area contributed by atoms with Crippen LogP contribution in [-0.2, 0) is 19.0 Å². The van der Waals surface area contributed by atoms with Gasteiger partial charge in [-0.25, -0.2) is 9.97 Å². The molecule has 5 rings (SSSR count). The number of aryl methyl sites for hydroxylation is 1. The van der Waals surface area contributed by atoms with Crippen LogP contribution in [-0.4, -0.2) is 58.6 Å². The van der Waals surface area contributed by atoms with Crippen molar-refractivity contribution in [2.75, 3.05) is 18.4 Å². The maximum atomic E-state index is 13.2. The summed E-state index contributed by atoms with van der Waals surface area (Å²) in [5.74, 6) is 2.24. The quantitative estimate of drug-likeness (QED) is 0.356. The average Bonchev–Trinajstić information content (AvgIpc) is 3.51. The summed E-state index contributed by atoms with van der Waals surface area (Å²) in [5, 5.41) is 11.4. The van der Waals surface area contributed by atoms with Crippen molar-refractivity contribution in [1.29, 1.82) is 0 Å². The summed E-state index contributed by atoms with van der Waals surface area (Å²) in [5.41, 5.74) is 2.92. The van der Waals surface area contributed by atoms with Gasteiger partial charge in [-0.2, -0.15) is 15.1 Å². The first-order chi connectivity index (χ1) is 18.2. The number of hydrogen-bond acceptors (Lipinski definition) is 10. The standard InChI is InChI=1S/C27H33N9O2/c1-6-36-12-9-17(14-21(37)24-31-25(38-34-24)27(2,3)4)20-8-7-18(13-19(20)15-36)23-28-16-29-26(32-23)30-22-10-11-35(5)33-22/h7-8,10-11,13,16-17H,6,9,12,14-15H2,1-5H3,(H,28,29,30,32,33)/t17-/m0/s1. The number of benzene rings is 1. The maximum absolute atomic E-state index is 13.2. The van der Waals surface area contributed by atoms with Gasteiger partial charge in [0, 0.05) is 43.3 Å². The van der Waals surface area contributed by atoms with E-state index in [1.807, 2.05) is 46.1 Å². The van der Waals surface area contributed by atoms with Crippen LogP contribution in [0.5, 0.6) is 0 Å². The van der Waals surface area contributed by atoms with Crippen LogP contribution in [0.1, 0.15) is 74.1 Å². The van der Waals surface area contributed by atoms with Crippen LogP contribution in [0.15, 0.2) is 41.3 Å². The van der Waals surface area contributed by atoms with E-state index in [-0.39, 0.29) is 22.9 Å². The second-order valence-corrected chi connectivity index (χ2v) is 10.7. The van der Waals surface area contributed by atoms with Crippen LogP contribution in [0.3, 0.4) is 0 Å². The van der Waals surface area contributed by atoms with Crippen molar-refractivity contribution < 1.29 is 9.32 Å². The fraction of sp³-hybridized carbons (Fsp3) is 0.444. The summed E-state index contributed by atoms with van der Waals surface area (Å²) < 4.78 is 7.07. The molecule has 11 heteroatoms. The molecule has 38 heavy (non-hydrogen) atoms. The molecule has 0 radical (unpaired) electrons. The number of hydrogen-bond donors (Lipinski definition) is 1. The monoisotopic (exact) mass is 515 g/mol. The number of ketones is 1. The molecule has 198 valence electrons. The third-order valence-corrected chi connectivity index (χ3v) is 6.75. The Kier molecular flexibility index (Phi) is 7.02. The highest BCUT2D eigenvalue weighted by atomic mass is 16.5. The zero-order valence-electron chi connectivity index (χ0n) is 22.5. The fourth-order valence-electron chi connectivity index (χ4n) is 4.62. The lowest BCUT2D eigenvalue weighted by Gasteiger charge is -2.18. The number of Topliss-reactive ketones (excluding diaryl/α,β-unsaturated/α-hetero) is 1. The molecule has 4 heterocycles. The number of aromatic nitrogens is 7. The Balaban J connectivity index is 1.40. The second-order valence-electron chi connectivity index (χ2n) is 10.7. The Bertz CT molecular complexity index is 1440. The molecule has 0 unspecified atom stereocenters. The molecule has 11 nitrogen and oxygen atoms in total. The molecule has 0 bridgehead atoms. The highest BCUT2D eigenvalue weighted by Gasteiger charge is 2.28. The van der Waals surface area contributed by atoms with Crippen LogP contribution in [0.2, 0.25) is 0 Å². The Morgan fingerprint density at radius 3 is 2.74 bits per heavy atom. The van der Waals surface area contributed by atoms with Gasteiger partial charge < -0.3 is 9.84 Å². The molecule has 0 spiro atoms. The van der Waals surface area contributed by atoms with E-state index >= 15 is 0 Å². The van der Waals surface area contributed by atoms with Crippen molar-refractivity contribution in [2.45, 2.75) is 58.4 Å². The van der Waals surface area contributed by atoms with E-state index in [2.05, 4.69) is 59.5 Å². The number of nitrogens with one attached hydrogen (secondary N) is 1. The van der Waals surface area contributed by atoms with E-state index in [9.17, 15) is 4.79 Å². The highest BCUT2D eigenvalue weighted by molar-refractivity contribution is 5.93. The van der Waals surface area contributed by atoms with Crippen LogP contribution in [0.25, 0.3) is 11.4 Å². The van der Waals surface area contributed by atoms with Crippen LogP contribution >= 0.6 is 0 Å². The molecule has 0 saturated heterocycles. The first-order valence-corrected chi connectivity index (χ1v) is 12.9. The van der Waals surface area contributed by atoms with Gasteiger partial charge in [0.15, 0.2) is 11.6 Å². The lowest BCUT2D eigenvalue weighted by Crippen LogP contribution is -2.22. The normalized spacial score (nSPS) is 16.2. The van der Waals surface area contributed by atoms with Gasteiger partial charge in [0.25, 0.3) is 0 Å². The van der Waals surface area contributed by atoms with Gasteiger partial charge in [-0.1, -0.05) is 45.0 Å². The Morgan fingerprint density at radius 2 is 2.03 bits per heavy atom. The topological polar surface area (TPSA) is 128 Å². The highest BCUT2D eigenvalue weighted by Crippen LogP contribution is 2.34. The largest absolute Gasteiger partial charge is 0.338 e. The van der Waals surface area contributed by atoms with Gasteiger partial charge in [-0.3, -0.25) is 14.4 Å². The molecule has 0 aliphatic carbocycles. The molecule has 1 N–H and O–H groups in total. The Morgan fingerprint density at radius 1 is 1.18 bits per heavy atom. The first kappa shape index (κ1) is 25.7. The van der Waals surface area contributed by atoms with E-state index in [1.165, 1.54) is 17.5 Å². The van der Waals surface area contributed by atoms with Gasteiger partial charge in [0.05, 0.1) is 0 Å². The molecule has 4 aromatic rings. The summed E-state index contributed by atoms with van der Waals surface area (Å²) in [6, 6.07) is 8.11. The van der Waals surface area contributed by atoms with Crippen molar-refractivity contribution >= 4 is 17.5 Å². The van der Waals surface area contributed by atoms with E-state index in [1.54, 1.807) is 4.68 Å². The third kappa shape index (κ3) is 5.62. The average molecular weight is 516 g/mol. The summed E-state index contributed by atoms with van der Waals surface area (Å²) in [7, 11) is 1.85. The van der Waals surface area contributed by atoms with E-state index in [4.69, 9.17) is 4.52 Å². The molecule has 3 aromatic heterocycles. The SMILES string of the molecule is CCN1CC[C@@H](CC(=O)c2noc(C(C)(C)C)n2)c2ccc(-c3ncnc(Nc4ccn(C)n4)n3)cc2C1. The zero-order chi connectivity index (χ0) is 26.9. The van der Waals surface area contributed by atoms with E-state index < -0.39 is 0 Å². The van der Waals surface area contributed by atoms with Crippen LogP contribution in [0, 0.1) is 0 Å². The van der Waals surface area contributed by atoms with Crippen LogP contribution in [0.4, 0.5) is 11.8 Å². The summed E-state index contributed by atoms with van der Waals surface area (Å²) in [6.45, 7) is 10.7. The molecule has 0 fully saturated rings. The lowest BCUT2D eigenvalue weighted by molar-refractivity contribution is 0.0958. The minimum absolute atomic E-state index is 0.0550. The fourth-order valence-corrected chi connectivity index (χ4v) is 4.62. The van der Waals surface area contributed by atoms with E-state index in [0.717, 1.165) is 31.6 Å². The lowest BCUT2D eigenvalue weighted by atomic mass is 9.87. The minimum Gasteiger partial charge on any atom is -0.338 e. The van der Waals surface area contributed by atoms with Gasteiger partial charge in [-0.15, -0.1) is 0 Å². The van der Waals surface area contributed by atoms with Crippen molar-refractivity contribution in [3.8, 4) is 11.4 Å². The zero-order valence-corrected chi connectivity index (χ0v) is 22.5. The van der Waals surface area contributed by atoms with Gasteiger partial charge in [-0.05, 0) is 42.6 Å². The Hall–Kier alpha value is -3.99. The maximum Gasteiger partial charge on any atom is 0.238 e. The predicted molar refractivity (Wildman–Crippen MR) is 142 cm³/mol. The molecule has 0 amide bonds. The summed E-state index contributed by atoms with van der Waals surface area (Å²) >= 11 is 0. The Labute approximate surface area is 221 Å². The first-order valence-electron chi connectivity index (χ1n) is 12.9. The molecule has 1 aliphatic rings. The third-order valence-electron chi connectivity index (χ3n) is 6.75. The molecular weight excluding hydrogens is 482 g/mol. The molecule has 1 atom stereocenters. The summed E-state index contributed by atoms with van der Waals surface area (Å²) in [4.78, 5) is 33.2. The number of anilines is 2. The minimum atomic E-state index is -0.305. The number of carbonyl (C=O) groups is 1. The van der Waals surface area contributed by atoms with Gasteiger partial charge in [0.2, 0.25) is 23.4 Å². The van der Waals surface area contributed by atoms with Gasteiger partial charge >= 0.3 is 0 Å².